The van der Waals surface area contributed by atoms with Gasteiger partial charge >= 0.3 is 0 Å². The van der Waals surface area contributed by atoms with E-state index in [4.69, 9.17) is 15.2 Å². The van der Waals surface area contributed by atoms with Crippen LogP contribution in [0.5, 0.6) is 5.75 Å². The smallest absolute Gasteiger partial charge is 0.228 e. The van der Waals surface area contributed by atoms with E-state index in [9.17, 15) is 4.79 Å². The number of ether oxygens (including phenoxy) is 2. The SMILES string of the molecule is COCCOc1cccc(NC(=O)C(C)CN)c1. The Balaban J connectivity index is 2.56. The minimum Gasteiger partial charge on any atom is -0.491 e. The zero-order chi connectivity index (χ0) is 13.4. The number of nitrogens with two attached hydrogens (primary N) is 1. The van der Waals surface area contributed by atoms with E-state index in [-0.39, 0.29) is 11.8 Å². The van der Waals surface area contributed by atoms with Gasteiger partial charge in [-0.1, -0.05) is 13.0 Å². The fraction of sp³-hybridized carbons (Fsp3) is 0.462. The Morgan fingerprint density at radius 3 is 2.89 bits per heavy atom. The zero-order valence-electron chi connectivity index (χ0n) is 10.8. The fourth-order valence-electron chi connectivity index (χ4n) is 1.28. The molecule has 5 nitrogen and oxygen atoms in total. The lowest BCUT2D eigenvalue weighted by molar-refractivity contribution is -0.119. The van der Waals surface area contributed by atoms with Crippen molar-refractivity contribution < 1.29 is 14.3 Å². The van der Waals surface area contributed by atoms with Gasteiger partial charge in [-0.3, -0.25) is 4.79 Å². The van der Waals surface area contributed by atoms with Gasteiger partial charge in [0.15, 0.2) is 0 Å². The van der Waals surface area contributed by atoms with Gasteiger partial charge in [0.05, 0.1) is 6.61 Å². The summed E-state index contributed by atoms with van der Waals surface area (Å²) in [6.07, 6.45) is 0. The van der Waals surface area contributed by atoms with Crippen LogP contribution in [0.1, 0.15) is 6.92 Å². The standard InChI is InChI=1S/C13H20N2O3/c1-10(9-14)13(16)15-11-4-3-5-12(8-11)18-7-6-17-2/h3-5,8,10H,6-7,9,14H2,1-2H3,(H,15,16). The maximum atomic E-state index is 11.7. The van der Waals surface area contributed by atoms with Crippen molar-refractivity contribution in [1.82, 2.24) is 0 Å². The lowest BCUT2D eigenvalue weighted by Crippen LogP contribution is -2.26. The van der Waals surface area contributed by atoms with Crippen LogP contribution in [-0.2, 0) is 9.53 Å². The molecule has 0 radical (unpaired) electrons. The fourth-order valence-corrected chi connectivity index (χ4v) is 1.28. The molecule has 0 heterocycles. The molecule has 0 saturated heterocycles. The second-order valence-electron chi connectivity index (χ2n) is 4.00. The molecule has 100 valence electrons. The molecule has 18 heavy (non-hydrogen) atoms. The Hall–Kier alpha value is -1.59. The molecule has 0 spiro atoms. The van der Waals surface area contributed by atoms with Crippen molar-refractivity contribution in [3.8, 4) is 5.75 Å². The summed E-state index contributed by atoms with van der Waals surface area (Å²) in [5.41, 5.74) is 6.14. The summed E-state index contributed by atoms with van der Waals surface area (Å²) in [6, 6.07) is 7.24. The van der Waals surface area contributed by atoms with Gasteiger partial charge in [0.25, 0.3) is 0 Å². The average Bonchev–Trinajstić information content (AvgIpc) is 2.38. The first-order valence-electron chi connectivity index (χ1n) is 5.90. The van der Waals surface area contributed by atoms with Gasteiger partial charge in [-0.05, 0) is 12.1 Å². The highest BCUT2D eigenvalue weighted by atomic mass is 16.5. The summed E-state index contributed by atoms with van der Waals surface area (Å²) in [5.74, 6) is 0.403. The summed E-state index contributed by atoms with van der Waals surface area (Å²) < 4.78 is 10.4. The third kappa shape index (κ3) is 4.73. The number of amides is 1. The minimum atomic E-state index is -0.205. The molecule has 0 fully saturated rings. The van der Waals surface area contributed by atoms with E-state index in [1.807, 2.05) is 18.2 Å². The molecular weight excluding hydrogens is 232 g/mol. The highest BCUT2D eigenvalue weighted by Gasteiger charge is 2.10. The maximum absolute atomic E-state index is 11.7. The van der Waals surface area contributed by atoms with Crippen LogP contribution in [0.15, 0.2) is 24.3 Å². The second-order valence-corrected chi connectivity index (χ2v) is 4.00. The molecule has 3 N–H and O–H groups in total. The van der Waals surface area contributed by atoms with Crippen LogP contribution in [0.3, 0.4) is 0 Å². The van der Waals surface area contributed by atoms with E-state index >= 15 is 0 Å². The number of carbonyl (C=O) groups excluding carboxylic acids is 1. The Labute approximate surface area is 107 Å². The number of methoxy groups -OCH3 is 1. The molecule has 0 aromatic heterocycles. The largest absolute Gasteiger partial charge is 0.491 e. The van der Waals surface area contributed by atoms with Crippen molar-refractivity contribution in [3.05, 3.63) is 24.3 Å². The van der Waals surface area contributed by atoms with Gasteiger partial charge in [-0.25, -0.2) is 0 Å². The van der Waals surface area contributed by atoms with Crippen LogP contribution in [0.25, 0.3) is 0 Å². The predicted octanol–water partition coefficient (Wildman–Crippen LogP) is 1.25. The molecule has 0 aliphatic rings. The van der Waals surface area contributed by atoms with Crippen LogP contribution in [0.2, 0.25) is 0 Å². The predicted molar refractivity (Wildman–Crippen MR) is 70.7 cm³/mol. The normalized spacial score (nSPS) is 11.9. The Morgan fingerprint density at radius 1 is 1.44 bits per heavy atom. The molecule has 1 amide bonds. The third-order valence-electron chi connectivity index (χ3n) is 2.46. The number of carbonyl (C=O) groups is 1. The second kappa shape index (κ2) is 7.68. The molecule has 0 aliphatic carbocycles. The van der Waals surface area contributed by atoms with Gasteiger partial charge in [0.2, 0.25) is 5.91 Å². The van der Waals surface area contributed by atoms with E-state index in [2.05, 4.69) is 5.32 Å². The molecule has 0 aliphatic heterocycles. The third-order valence-corrected chi connectivity index (χ3v) is 2.46. The van der Waals surface area contributed by atoms with E-state index in [1.165, 1.54) is 0 Å². The van der Waals surface area contributed by atoms with E-state index in [0.29, 0.717) is 31.2 Å². The van der Waals surface area contributed by atoms with Crippen molar-refractivity contribution in [1.29, 1.82) is 0 Å². The van der Waals surface area contributed by atoms with Crippen molar-refractivity contribution in [2.24, 2.45) is 11.7 Å². The maximum Gasteiger partial charge on any atom is 0.228 e. The van der Waals surface area contributed by atoms with E-state index in [0.717, 1.165) is 0 Å². The first-order chi connectivity index (χ1) is 8.67. The average molecular weight is 252 g/mol. The monoisotopic (exact) mass is 252 g/mol. The van der Waals surface area contributed by atoms with Crippen LogP contribution in [0.4, 0.5) is 5.69 Å². The zero-order valence-corrected chi connectivity index (χ0v) is 10.8. The first kappa shape index (κ1) is 14.5. The Kier molecular flexibility index (Phi) is 6.18. The molecule has 1 rings (SSSR count). The highest BCUT2D eigenvalue weighted by Crippen LogP contribution is 2.17. The topological polar surface area (TPSA) is 73.6 Å². The van der Waals surface area contributed by atoms with Gasteiger partial charge in [0, 0.05) is 31.3 Å². The first-order valence-corrected chi connectivity index (χ1v) is 5.90. The van der Waals surface area contributed by atoms with Gasteiger partial charge in [0.1, 0.15) is 12.4 Å². The van der Waals surface area contributed by atoms with Crippen LogP contribution >= 0.6 is 0 Å². The van der Waals surface area contributed by atoms with Crippen molar-refractivity contribution >= 4 is 11.6 Å². The number of hydrogen-bond donors (Lipinski definition) is 2. The molecule has 1 atom stereocenters. The Bertz CT molecular complexity index is 382. The highest BCUT2D eigenvalue weighted by molar-refractivity contribution is 5.92. The molecule has 1 aromatic carbocycles. The van der Waals surface area contributed by atoms with Crippen molar-refractivity contribution in [2.75, 3.05) is 32.2 Å². The quantitative estimate of drug-likeness (QED) is 0.716. The van der Waals surface area contributed by atoms with Gasteiger partial charge < -0.3 is 20.5 Å². The summed E-state index contributed by atoms with van der Waals surface area (Å²) in [4.78, 5) is 11.7. The molecule has 0 bridgehead atoms. The number of nitrogens with one attached hydrogen (secondary N) is 1. The molecule has 1 unspecified atom stereocenters. The van der Waals surface area contributed by atoms with Crippen molar-refractivity contribution in [3.63, 3.8) is 0 Å². The van der Waals surface area contributed by atoms with Crippen LogP contribution in [-0.4, -0.2) is 32.8 Å². The van der Waals surface area contributed by atoms with E-state index < -0.39 is 0 Å². The summed E-state index contributed by atoms with van der Waals surface area (Å²) in [6.45, 7) is 3.12. The van der Waals surface area contributed by atoms with Crippen LogP contribution < -0.4 is 15.8 Å². The molecular formula is C13H20N2O3. The van der Waals surface area contributed by atoms with E-state index in [1.54, 1.807) is 20.1 Å². The van der Waals surface area contributed by atoms with Crippen molar-refractivity contribution in [2.45, 2.75) is 6.92 Å². The Morgan fingerprint density at radius 2 is 2.22 bits per heavy atom. The number of rotatable bonds is 7. The lowest BCUT2D eigenvalue weighted by atomic mass is 10.1. The van der Waals surface area contributed by atoms with Gasteiger partial charge in [-0.15, -0.1) is 0 Å². The van der Waals surface area contributed by atoms with Gasteiger partial charge in [-0.2, -0.15) is 0 Å². The number of anilines is 1. The molecule has 5 heteroatoms. The molecule has 1 aromatic rings. The minimum absolute atomic E-state index is 0.0912. The lowest BCUT2D eigenvalue weighted by Gasteiger charge is -2.11. The summed E-state index contributed by atoms with van der Waals surface area (Å²) >= 11 is 0. The van der Waals surface area contributed by atoms with Crippen LogP contribution in [0, 0.1) is 5.92 Å². The number of benzene rings is 1. The summed E-state index contributed by atoms with van der Waals surface area (Å²) in [7, 11) is 1.62. The molecule has 0 saturated carbocycles. The summed E-state index contributed by atoms with van der Waals surface area (Å²) in [5, 5.41) is 2.79. The number of hydrogen-bond acceptors (Lipinski definition) is 4.